The number of carbonyl (C=O) groups is 1. The third kappa shape index (κ3) is 23.3. The summed E-state index contributed by atoms with van der Waals surface area (Å²) in [6.45, 7) is 2.27. The van der Waals surface area contributed by atoms with Gasteiger partial charge in [-0.25, -0.2) is 0 Å². The maximum absolute atomic E-state index is 10.3. The van der Waals surface area contributed by atoms with Crippen molar-refractivity contribution in [2.45, 2.75) is 122 Å². The second-order valence-electron chi connectivity index (χ2n) is 9.98. The van der Waals surface area contributed by atoms with Crippen molar-refractivity contribution < 1.29 is 9.90 Å². The van der Waals surface area contributed by atoms with E-state index in [1.54, 1.807) is 0 Å². The topological polar surface area (TPSA) is 40.1 Å². The fourth-order valence-corrected chi connectivity index (χ4v) is 7.26. The number of rotatable bonds is 21. The van der Waals surface area contributed by atoms with Crippen molar-refractivity contribution in [2.75, 3.05) is 0 Å². The molecule has 0 atom stereocenters. The molecule has 2 nitrogen and oxygen atoms in total. The minimum atomic E-state index is -0.906. The number of aliphatic carboxylic acids is 1. The molecule has 0 bridgehead atoms. The van der Waals surface area contributed by atoms with Crippen LogP contribution in [0.5, 0.6) is 0 Å². The first-order valence-electron chi connectivity index (χ1n) is 14.9. The molecule has 0 N–H and O–H groups in total. The van der Waals surface area contributed by atoms with E-state index >= 15 is 0 Å². The molecule has 0 unspecified atom stereocenters. The van der Waals surface area contributed by atoms with Gasteiger partial charge in [-0.3, -0.25) is 0 Å². The molecule has 0 saturated heterocycles. The van der Waals surface area contributed by atoms with Crippen LogP contribution in [0.1, 0.15) is 122 Å². The molecule has 3 heteroatoms. The number of carbonyl (C=O) groups excluding carboxylic acids is 1. The van der Waals surface area contributed by atoms with Crippen molar-refractivity contribution >= 4 is 34.3 Å². The molecule has 2 aromatic carbocycles. The molecule has 0 aliphatic rings. The quantitative estimate of drug-likeness (QED) is 0.0827. The average Bonchev–Trinajstić information content (AvgIpc) is 2.91. The Kier molecular flexibility index (Phi) is 23.6. The van der Waals surface area contributed by atoms with Gasteiger partial charge >= 0.3 is 89.0 Å². The molecule has 203 valence electrons. The first-order valence-corrected chi connectivity index (χ1v) is 17.8. The summed E-state index contributed by atoms with van der Waals surface area (Å²) in [5, 5.41) is 10.3. The van der Waals surface area contributed by atoms with Crippen LogP contribution in [-0.4, -0.2) is 27.1 Å². The van der Waals surface area contributed by atoms with Crippen LogP contribution >= 0.6 is 0 Å². The molecule has 0 aliphatic carbocycles. The Morgan fingerprint density at radius 2 is 0.973 bits per heavy atom. The number of benzene rings is 2. The zero-order chi connectivity index (χ0) is 26.7. The molecule has 37 heavy (non-hydrogen) atoms. The van der Waals surface area contributed by atoms with Crippen LogP contribution in [-0.2, 0) is 4.79 Å². The first-order chi connectivity index (χ1) is 18.2. The number of carboxylic acid groups (broad SMARTS) is 1. The maximum atomic E-state index is 10.3. The van der Waals surface area contributed by atoms with Gasteiger partial charge in [-0.05, 0) is 38.5 Å². The standard InChI is InChI=1S/C22H42O2.2C6H5.Sn/c1-2-3-4-5-6-7-8-9-10-11-12-13-14-15-16-17-18-19-20-21-22(23)24;2*1-2-4-6-5-3-1;/h9-10H,2-8,11-21H2,1H3,(H,23,24);2*1-5H;/q;;;+1/p-1/b10-9-;;;. The molecule has 2 aromatic rings. The van der Waals surface area contributed by atoms with E-state index in [2.05, 4.69) is 79.7 Å². The van der Waals surface area contributed by atoms with Crippen molar-refractivity contribution in [3.05, 3.63) is 72.8 Å². The molecule has 0 spiro atoms. The zero-order valence-electron chi connectivity index (χ0n) is 23.5. The summed E-state index contributed by atoms with van der Waals surface area (Å²) < 4.78 is 3.08. The van der Waals surface area contributed by atoms with Crippen LogP contribution in [0.15, 0.2) is 72.8 Å². The summed E-state index contributed by atoms with van der Waals surface area (Å²) in [6, 6.07) is 21.6. The van der Waals surface area contributed by atoms with E-state index in [1.807, 2.05) is 0 Å². The molecular formula is C34H51O2Sn. The summed E-state index contributed by atoms with van der Waals surface area (Å²) in [4.78, 5) is 10.3. The number of unbranched alkanes of at least 4 members (excludes halogenated alkanes) is 15. The number of hydrogen-bond acceptors (Lipinski definition) is 2. The molecule has 0 heterocycles. The fourth-order valence-electron chi connectivity index (χ4n) is 4.26. The zero-order valence-corrected chi connectivity index (χ0v) is 26.3. The molecular weight excluding hydrogens is 559 g/mol. The van der Waals surface area contributed by atoms with E-state index in [0.717, 1.165) is 12.8 Å². The van der Waals surface area contributed by atoms with Gasteiger partial charge in [0.2, 0.25) is 0 Å². The molecule has 0 aromatic heterocycles. The predicted molar refractivity (Wildman–Crippen MR) is 161 cm³/mol. The van der Waals surface area contributed by atoms with Crippen molar-refractivity contribution in [1.29, 1.82) is 0 Å². The number of allylic oxidation sites excluding steroid dienone is 2. The summed E-state index contributed by atoms with van der Waals surface area (Å²) in [7, 11) is 0. The van der Waals surface area contributed by atoms with Crippen LogP contribution in [0.2, 0.25) is 0 Å². The Hall–Kier alpha value is -1.55. The second kappa shape index (κ2) is 26.1. The van der Waals surface area contributed by atoms with Crippen LogP contribution in [0.4, 0.5) is 0 Å². The van der Waals surface area contributed by atoms with E-state index in [4.69, 9.17) is 0 Å². The van der Waals surface area contributed by atoms with Gasteiger partial charge < -0.3 is 9.90 Å². The van der Waals surface area contributed by atoms with Crippen molar-refractivity contribution in [3.8, 4) is 0 Å². The van der Waals surface area contributed by atoms with Crippen LogP contribution in [0.3, 0.4) is 0 Å². The Morgan fingerprint density at radius 1 is 0.595 bits per heavy atom. The van der Waals surface area contributed by atoms with Gasteiger partial charge in [0.15, 0.2) is 0 Å². The van der Waals surface area contributed by atoms with E-state index in [1.165, 1.54) is 103 Å². The molecule has 1 radical (unpaired) electrons. The van der Waals surface area contributed by atoms with E-state index in [-0.39, 0.29) is 6.42 Å². The first kappa shape index (κ1) is 33.5. The summed E-state index contributed by atoms with van der Waals surface area (Å²) in [6.07, 6.45) is 26.8. The van der Waals surface area contributed by atoms with Gasteiger partial charge in [0, 0.05) is 5.97 Å². The van der Waals surface area contributed by atoms with Crippen LogP contribution in [0, 0.1) is 0 Å². The third-order valence-corrected chi connectivity index (χ3v) is 10.0. The molecule has 0 fully saturated rings. The number of carboxylic acids is 1. The van der Waals surface area contributed by atoms with Gasteiger partial charge in [0.05, 0.1) is 0 Å². The third-order valence-electron chi connectivity index (χ3n) is 6.48. The Bertz CT molecular complexity index is 735. The van der Waals surface area contributed by atoms with Gasteiger partial charge in [-0.2, -0.15) is 0 Å². The summed E-state index contributed by atoms with van der Waals surface area (Å²) in [5.41, 5.74) is 0. The Balaban J connectivity index is 0.000000435. The monoisotopic (exact) mass is 611 g/mol. The van der Waals surface area contributed by atoms with Crippen LogP contribution < -0.4 is 12.3 Å². The fraction of sp³-hybridized carbons (Fsp3) is 0.559. The normalized spacial score (nSPS) is 10.7. The van der Waals surface area contributed by atoms with E-state index < -0.39 is 27.1 Å². The van der Waals surface area contributed by atoms with Crippen molar-refractivity contribution in [3.63, 3.8) is 0 Å². The number of hydrogen-bond donors (Lipinski definition) is 0. The van der Waals surface area contributed by atoms with Gasteiger partial charge in [-0.15, -0.1) is 0 Å². The molecule has 0 amide bonds. The van der Waals surface area contributed by atoms with E-state index in [0.29, 0.717) is 0 Å². The summed E-state index contributed by atoms with van der Waals surface area (Å²) >= 11 is -0.517. The summed E-state index contributed by atoms with van der Waals surface area (Å²) in [5.74, 6) is -0.906. The molecule has 0 aliphatic heterocycles. The second-order valence-corrected chi connectivity index (χ2v) is 14.0. The van der Waals surface area contributed by atoms with Gasteiger partial charge in [0.1, 0.15) is 0 Å². The van der Waals surface area contributed by atoms with Crippen molar-refractivity contribution in [1.82, 2.24) is 0 Å². The Labute approximate surface area is 238 Å². The predicted octanol–water partition coefficient (Wildman–Crippen LogP) is 7.68. The van der Waals surface area contributed by atoms with Crippen LogP contribution in [0.25, 0.3) is 0 Å². The van der Waals surface area contributed by atoms with Gasteiger partial charge in [0.25, 0.3) is 0 Å². The van der Waals surface area contributed by atoms with Gasteiger partial charge in [-0.1, -0.05) is 96.1 Å². The average molecular weight is 610 g/mol. The minimum absolute atomic E-state index is 0.229. The van der Waals surface area contributed by atoms with E-state index in [9.17, 15) is 9.90 Å². The Morgan fingerprint density at radius 3 is 1.38 bits per heavy atom. The molecule has 0 saturated carbocycles. The molecule has 2 rings (SSSR count). The SMILES string of the molecule is CCCCCCCC/C=C\CCCCCCCCCCCC(=O)[O-].c1cc[c]([Sn+][c]2ccccc2)cc1. The van der Waals surface area contributed by atoms with Crippen molar-refractivity contribution in [2.24, 2.45) is 0 Å².